The molecule has 0 saturated carbocycles. The van der Waals surface area contributed by atoms with Crippen molar-refractivity contribution in [2.75, 3.05) is 11.1 Å². The van der Waals surface area contributed by atoms with E-state index in [4.69, 9.17) is 5.73 Å². The molecule has 0 saturated heterocycles. The molecule has 2 aromatic rings. The van der Waals surface area contributed by atoms with Crippen molar-refractivity contribution in [1.82, 2.24) is 14.8 Å². The molecule has 0 amide bonds. The molecular weight excluding hydrogens is 221 g/mol. The summed E-state index contributed by atoms with van der Waals surface area (Å²) in [4.78, 5) is 4.07. The van der Waals surface area contributed by atoms with E-state index in [9.17, 15) is 4.39 Å². The number of hydrogen-bond donors (Lipinski definition) is 2. The van der Waals surface area contributed by atoms with Crippen LogP contribution in [0.3, 0.4) is 0 Å². The molecule has 0 radical (unpaired) electrons. The third-order valence-corrected chi connectivity index (χ3v) is 2.12. The van der Waals surface area contributed by atoms with Crippen LogP contribution in [0.5, 0.6) is 0 Å². The molecule has 0 unspecified atom stereocenters. The van der Waals surface area contributed by atoms with Gasteiger partial charge in [-0.2, -0.15) is 9.67 Å². The normalized spacial score (nSPS) is 10.8. The van der Waals surface area contributed by atoms with Gasteiger partial charge in [0.05, 0.1) is 5.69 Å². The average molecular weight is 235 g/mol. The first-order valence-corrected chi connectivity index (χ1v) is 5.31. The maximum absolute atomic E-state index is 12.8. The summed E-state index contributed by atoms with van der Waals surface area (Å²) in [7, 11) is 0. The van der Waals surface area contributed by atoms with Gasteiger partial charge in [0.1, 0.15) is 5.82 Å². The van der Waals surface area contributed by atoms with Crippen LogP contribution in [-0.4, -0.2) is 20.8 Å². The van der Waals surface area contributed by atoms with E-state index in [1.54, 1.807) is 12.1 Å². The predicted octanol–water partition coefficient (Wildman–Crippen LogP) is 1.81. The third-order valence-electron chi connectivity index (χ3n) is 2.12. The number of hydrogen-bond acceptors (Lipinski definition) is 4. The van der Waals surface area contributed by atoms with E-state index < -0.39 is 0 Å². The fourth-order valence-corrected chi connectivity index (χ4v) is 1.42. The number of nitrogens with zero attached hydrogens (tertiary/aromatic N) is 3. The minimum absolute atomic E-state index is 0.221. The van der Waals surface area contributed by atoms with Gasteiger partial charge in [0.2, 0.25) is 11.9 Å². The Morgan fingerprint density at radius 1 is 1.29 bits per heavy atom. The van der Waals surface area contributed by atoms with Gasteiger partial charge in [-0.25, -0.2) is 4.39 Å². The molecule has 6 heteroatoms. The number of benzene rings is 1. The summed E-state index contributed by atoms with van der Waals surface area (Å²) in [5.74, 6) is 0.426. The van der Waals surface area contributed by atoms with Crippen LogP contribution in [0.1, 0.15) is 13.8 Å². The van der Waals surface area contributed by atoms with Crippen molar-refractivity contribution in [3.8, 4) is 5.69 Å². The topological polar surface area (TPSA) is 68.8 Å². The number of rotatable bonds is 3. The zero-order valence-corrected chi connectivity index (χ0v) is 9.68. The number of halogens is 1. The zero-order chi connectivity index (χ0) is 12.4. The smallest absolute Gasteiger partial charge is 0.244 e. The van der Waals surface area contributed by atoms with Crippen LogP contribution in [0.15, 0.2) is 24.3 Å². The van der Waals surface area contributed by atoms with Crippen LogP contribution in [0.25, 0.3) is 5.69 Å². The lowest BCUT2D eigenvalue weighted by molar-refractivity contribution is 0.627. The van der Waals surface area contributed by atoms with E-state index >= 15 is 0 Å². The van der Waals surface area contributed by atoms with Gasteiger partial charge in [-0.1, -0.05) is 0 Å². The molecule has 0 fully saturated rings. The Labute approximate surface area is 98.5 Å². The van der Waals surface area contributed by atoms with Gasteiger partial charge in [-0.3, -0.25) is 0 Å². The summed E-state index contributed by atoms with van der Waals surface area (Å²) in [6.07, 6.45) is 0. The Kier molecular flexibility index (Phi) is 2.95. The highest BCUT2D eigenvalue weighted by molar-refractivity contribution is 5.42. The second-order valence-corrected chi connectivity index (χ2v) is 3.98. The van der Waals surface area contributed by atoms with Crippen molar-refractivity contribution in [3.63, 3.8) is 0 Å². The van der Waals surface area contributed by atoms with Gasteiger partial charge < -0.3 is 11.1 Å². The second kappa shape index (κ2) is 4.40. The molecule has 90 valence electrons. The predicted molar refractivity (Wildman–Crippen MR) is 64.5 cm³/mol. The Morgan fingerprint density at radius 2 is 1.94 bits per heavy atom. The number of nitrogens with two attached hydrogens (primary N) is 1. The van der Waals surface area contributed by atoms with Crippen LogP contribution < -0.4 is 11.1 Å². The van der Waals surface area contributed by atoms with Gasteiger partial charge >= 0.3 is 0 Å². The minimum Gasteiger partial charge on any atom is -0.368 e. The van der Waals surface area contributed by atoms with E-state index in [0.717, 1.165) is 0 Å². The van der Waals surface area contributed by atoms with Crippen LogP contribution in [0.4, 0.5) is 16.3 Å². The molecular formula is C11H14FN5. The molecule has 0 atom stereocenters. The van der Waals surface area contributed by atoms with Gasteiger partial charge in [-0.15, -0.1) is 5.10 Å². The lowest BCUT2D eigenvalue weighted by atomic mass is 10.3. The highest BCUT2D eigenvalue weighted by atomic mass is 19.1. The molecule has 2 rings (SSSR count). The molecule has 1 heterocycles. The molecule has 17 heavy (non-hydrogen) atoms. The van der Waals surface area contributed by atoms with E-state index in [2.05, 4.69) is 15.4 Å². The van der Waals surface area contributed by atoms with Crippen molar-refractivity contribution in [3.05, 3.63) is 30.1 Å². The fraction of sp³-hybridized carbons (Fsp3) is 0.273. The average Bonchev–Trinajstić information content (AvgIpc) is 2.59. The molecule has 1 aromatic heterocycles. The standard InChI is InChI=1S/C11H14FN5/c1-7(2)14-11-15-10(13)17(16-11)9-5-3-8(12)4-6-9/h3-7H,1-2H3,(H3,13,14,15,16). The summed E-state index contributed by atoms with van der Waals surface area (Å²) >= 11 is 0. The highest BCUT2D eigenvalue weighted by Crippen LogP contribution is 2.14. The first-order valence-electron chi connectivity index (χ1n) is 5.31. The Morgan fingerprint density at radius 3 is 2.53 bits per heavy atom. The maximum atomic E-state index is 12.8. The van der Waals surface area contributed by atoms with Gasteiger partial charge in [0.15, 0.2) is 0 Å². The number of nitrogens with one attached hydrogen (secondary N) is 1. The second-order valence-electron chi connectivity index (χ2n) is 3.98. The summed E-state index contributed by atoms with van der Waals surface area (Å²) in [5.41, 5.74) is 6.42. The van der Waals surface area contributed by atoms with Crippen molar-refractivity contribution in [2.24, 2.45) is 0 Å². The van der Waals surface area contributed by atoms with Gasteiger partial charge in [-0.05, 0) is 38.1 Å². The Balaban J connectivity index is 2.32. The van der Waals surface area contributed by atoms with Gasteiger partial charge in [0.25, 0.3) is 0 Å². The van der Waals surface area contributed by atoms with E-state index in [1.807, 2.05) is 13.8 Å². The first-order chi connectivity index (χ1) is 8.06. The van der Waals surface area contributed by atoms with Crippen LogP contribution in [0, 0.1) is 5.82 Å². The molecule has 1 aromatic carbocycles. The van der Waals surface area contributed by atoms with Crippen molar-refractivity contribution < 1.29 is 4.39 Å². The number of aromatic nitrogens is 3. The zero-order valence-electron chi connectivity index (χ0n) is 9.68. The molecule has 0 spiro atoms. The summed E-state index contributed by atoms with van der Waals surface area (Å²) in [5, 5.41) is 7.25. The maximum Gasteiger partial charge on any atom is 0.244 e. The summed E-state index contributed by atoms with van der Waals surface area (Å²) < 4.78 is 14.3. The van der Waals surface area contributed by atoms with Crippen LogP contribution in [-0.2, 0) is 0 Å². The van der Waals surface area contributed by atoms with E-state index in [1.165, 1.54) is 16.8 Å². The van der Waals surface area contributed by atoms with Crippen molar-refractivity contribution >= 4 is 11.9 Å². The van der Waals surface area contributed by atoms with Crippen molar-refractivity contribution in [2.45, 2.75) is 19.9 Å². The third kappa shape index (κ3) is 2.52. The Bertz CT molecular complexity index is 503. The molecule has 0 bridgehead atoms. The number of anilines is 2. The van der Waals surface area contributed by atoms with Gasteiger partial charge in [0, 0.05) is 6.04 Å². The highest BCUT2D eigenvalue weighted by Gasteiger charge is 2.09. The van der Waals surface area contributed by atoms with E-state index in [0.29, 0.717) is 11.6 Å². The van der Waals surface area contributed by atoms with Crippen LogP contribution in [0.2, 0.25) is 0 Å². The molecule has 3 N–H and O–H groups in total. The first kappa shape index (κ1) is 11.4. The molecule has 0 aliphatic rings. The molecule has 5 nitrogen and oxygen atoms in total. The largest absolute Gasteiger partial charge is 0.368 e. The van der Waals surface area contributed by atoms with E-state index in [-0.39, 0.29) is 17.8 Å². The SMILES string of the molecule is CC(C)Nc1nc(N)n(-c2ccc(F)cc2)n1. The fourth-order valence-electron chi connectivity index (χ4n) is 1.42. The monoisotopic (exact) mass is 235 g/mol. The minimum atomic E-state index is -0.298. The molecule has 0 aliphatic heterocycles. The summed E-state index contributed by atoms with van der Waals surface area (Å²) in [6, 6.07) is 6.12. The lowest BCUT2D eigenvalue weighted by Crippen LogP contribution is -2.11. The Hall–Kier alpha value is -2.11. The summed E-state index contributed by atoms with van der Waals surface area (Å²) in [6.45, 7) is 3.96. The number of nitrogen functional groups attached to an aromatic ring is 1. The van der Waals surface area contributed by atoms with Crippen molar-refractivity contribution in [1.29, 1.82) is 0 Å². The quantitative estimate of drug-likeness (QED) is 0.851. The van der Waals surface area contributed by atoms with Crippen LogP contribution >= 0.6 is 0 Å². The molecule has 0 aliphatic carbocycles. The lowest BCUT2D eigenvalue weighted by Gasteiger charge is -2.03.